The Kier molecular flexibility index (Phi) is 4.10. The summed E-state index contributed by atoms with van der Waals surface area (Å²) in [6, 6.07) is 10.6. The minimum atomic E-state index is -0.265. The number of methoxy groups -OCH3 is 1. The number of nitrogens with one attached hydrogen (secondary N) is 1. The van der Waals surface area contributed by atoms with Gasteiger partial charge >= 0.3 is 0 Å². The summed E-state index contributed by atoms with van der Waals surface area (Å²) in [5.74, 6) is 0.730. The van der Waals surface area contributed by atoms with Gasteiger partial charge in [0, 0.05) is 12.7 Å². The van der Waals surface area contributed by atoms with Crippen LogP contribution in [0.4, 0.5) is 5.82 Å². The molecule has 1 aromatic carbocycles. The lowest BCUT2D eigenvalue weighted by Crippen LogP contribution is -2.14. The number of anilines is 1. The van der Waals surface area contributed by atoms with E-state index in [9.17, 15) is 4.79 Å². The van der Waals surface area contributed by atoms with Crippen molar-refractivity contribution in [1.82, 2.24) is 4.98 Å². The number of hydrogen-bond acceptors (Lipinski definition) is 4. The third kappa shape index (κ3) is 3.08. The number of ether oxygens (including phenoxy) is 1. The number of pyridine rings is 1. The zero-order valence-electron chi connectivity index (χ0n) is 10.6. The van der Waals surface area contributed by atoms with Gasteiger partial charge in [0.25, 0.3) is 5.91 Å². The fraction of sp³-hybridized carbons (Fsp3) is 0.143. The zero-order valence-corrected chi connectivity index (χ0v) is 10.6. The summed E-state index contributed by atoms with van der Waals surface area (Å²) in [6.45, 7) is 0.403. The number of para-hydroxylation sites is 1. The molecule has 0 fully saturated rings. The number of hydrogen-bond donors (Lipinski definition) is 2. The van der Waals surface area contributed by atoms with Gasteiger partial charge in [0.2, 0.25) is 0 Å². The van der Waals surface area contributed by atoms with Crippen LogP contribution in [-0.4, -0.2) is 18.0 Å². The first-order valence-electron chi connectivity index (χ1n) is 5.84. The maximum absolute atomic E-state index is 12.1. The Labute approximate surface area is 111 Å². The van der Waals surface area contributed by atoms with Gasteiger partial charge < -0.3 is 15.8 Å². The molecule has 0 aliphatic heterocycles. The SMILES string of the molecule is COc1ccccc1C(=O)Nc1cc(CN)ccn1. The lowest BCUT2D eigenvalue weighted by molar-refractivity contribution is 0.102. The highest BCUT2D eigenvalue weighted by Gasteiger charge is 2.12. The maximum atomic E-state index is 12.1. The molecule has 0 aliphatic rings. The Hall–Kier alpha value is -2.40. The van der Waals surface area contributed by atoms with Crippen molar-refractivity contribution < 1.29 is 9.53 Å². The van der Waals surface area contributed by atoms with Crippen molar-refractivity contribution in [2.75, 3.05) is 12.4 Å². The Morgan fingerprint density at radius 3 is 2.89 bits per heavy atom. The van der Waals surface area contributed by atoms with Crippen molar-refractivity contribution in [2.45, 2.75) is 6.54 Å². The molecule has 0 bridgehead atoms. The fourth-order valence-electron chi connectivity index (χ4n) is 1.69. The fourth-order valence-corrected chi connectivity index (χ4v) is 1.69. The van der Waals surface area contributed by atoms with Crippen LogP contribution in [0.5, 0.6) is 5.75 Å². The molecule has 1 heterocycles. The number of rotatable bonds is 4. The number of aromatic nitrogens is 1. The van der Waals surface area contributed by atoms with Crippen molar-refractivity contribution in [2.24, 2.45) is 5.73 Å². The third-order valence-electron chi connectivity index (χ3n) is 2.65. The van der Waals surface area contributed by atoms with Crippen LogP contribution in [0.3, 0.4) is 0 Å². The second kappa shape index (κ2) is 5.97. The molecular formula is C14H15N3O2. The molecule has 2 aromatic rings. The molecule has 0 spiro atoms. The van der Waals surface area contributed by atoms with E-state index in [0.717, 1.165) is 5.56 Å². The average Bonchev–Trinajstić information content (AvgIpc) is 2.47. The van der Waals surface area contributed by atoms with E-state index in [1.807, 2.05) is 6.07 Å². The largest absolute Gasteiger partial charge is 0.496 e. The lowest BCUT2D eigenvalue weighted by Gasteiger charge is -2.09. The predicted octanol–water partition coefficient (Wildman–Crippen LogP) is 1.80. The quantitative estimate of drug-likeness (QED) is 0.875. The number of benzene rings is 1. The van der Waals surface area contributed by atoms with Crippen molar-refractivity contribution in [3.8, 4) is 5.75 Å². The first-order valence-corrected chi connectivity index (χ1v) is 5.84. The Bertz CT molecular complexity index is 584. The Balaban J connectivity index is 2.20. The molecule has 5 nitrogen and oxygen atoms in total. The number of amides is 1. The molecule has 1 aromatic heterocycles. The topological polar surface area (TPSA) is 77.2 Å². The van der Waals surface area contributed by atoms with Crippen LogP contribution in [0.25, 0.3) is 0 Å². The van der Waals surface area contributed by atoms with E-state index >= 15 is 0 Å². The molecule has 2 rings (SSSR count). The highest BCUT2D eigenvalue weighted by molar-refractivity contribution is 6.05. The van der Waals surface area contributed by atoms with Gasteiger partial charge in [-0.2, -0.15) is 0 Å². The van der Waals surface area contributed by atoms with Gasteiger partial charge in [-0.3, -0.25) is 4.79 Å². The molecule has 1 amide bonds. The van der Waals surface area contributed by atoms with Gasteiger partial charge in [-0.05, 0) is 29.8 Å². The molecule has 0 saturated heterocycles. The summed E-state index contributed by atoms with van der Waals surface area (Å²) in [5.41, 5.74) is 6.92. The van der Waals surface area contributed by atoms with E-state index in [2.05, 4.69) is 10.3 Å². The molecule has 3 N–H and O–H groups in total. The van der Waals surface area contributed by atoms with Crippen LogP contribution in [0.2, 0.25) is 0 Å². The highest BCUT2D eigenvalue weighted by Crippen LogP contribution is 2.18. The van der Waals surface area contributed by atoms with Crippen molar-refractivity contribution >= 4 is 11.7 Å². The second-order valence-electron chi connectivity index (χ2n) is 3.91. The molecule has 0 atom stereocenters. The van der Waals surface area contributed by atoms with Crippen molar-refractivity contribution in [1.29, 1.82) is 0 Å². The van der Waals surface area contributed by atoms with Gasteiger partial charge in [0.05, 0.1) is 12.7 Å². The van der Waals surface area contributed by atoms with Crippen LogP contribution in [0.15, 0.2) is 42.6 Å². The summed E-state index contributed by atoms with van der Waals surface area (Å²) < 4.78 is 5.15. The highest BCUT2D eigenvalue weighted by atomic mass is 16.5. The van der Waals surface area contributed by atoms with E-state index in [1.165, 1.54) is 7.11 Å². The minimum Gasteiger partial charge on any atom is -0.496 e. The minimum absolute atomic E-state index is 0.265. The van der Waals surface area contributed by atoms with Gasteiger partial charge in [-0.15, -0.1) is 0 Å². The first kappa shape index (κ1) is 13.0. The van der Waals surface area contributed by atoms with Crippen LogP contribution < -0.4 is 15.8 Å². The summed E-state index contributed by atoms with van der Waals surface area (Å²) in [7, 11) is 1.53. The predicted molar refractivity (Wildman–Crippen MR) is 73.1 cm³/mol. The number of carbonyl (C=O) groups is 1. The van der Waals surface area contributed by atoms with E-state index in [4.69, 9.17) is 10.5 Å². The average molecular weight is 257 g/mol. The number of nitrogens with two attached hydrogens (primary N) is 1. The molecule has 19 heavy (non-hydrogen) atoms. The Morgan fingerprint density at radius 1 is 1.37 bits per heavy atom. The van der Waals surface area contributed by atoms with Gasteiger partial charge in [0.15, 0.2) is 0 Å². The normalized spacial score (nSPS) is 10.0. The van der Waals surface area contributed by atoms with E-state index in [-0.39, 0.29) is 5.91 Å². The van der Waals surface area contributed by atoms with Crippen LogP contribution in [-0.2, 0) is 6.54 Å². The third-order valence-corrected chi connectivity index (χ3v) is 2.65. The van der Waals surface area contributed by atoms with E-state index in [1.54, 1.807) is 36.5 Å². The second-order valence-corrected chi connectivity index (χ2v) is 3.91. The molecular weight excluding hydrogens is 242 g/mol. The summed E-state index contributed by atoms with van der Waals surface area (Å²) in [6.07, 6.45) is 1.61. The Morgan fingerprint density at radius 2 is 2.16 bits per heavy atom. The van der Waals surface area contributed by atoms with Crippen molar-refractivity contribution in [3.63, 3.8) is 0 Å². The van der Waals surface area contributed by atoms with Crippen LogP contribution in [0.1, 0.15) is 15.9 Å². The van der Waals surface area contributed by atoms with Crippen LogP contribution >= 0.6 is 0 Å². The molecule has 0 aliphatic carbocycles. The molecule has 0 unspecified atom stereocenters. The molecule has 98 valence electrons. The zero-order chi connectivity index (χ0) is 13.7. The van der Waals surface area contributed by atoms with E-state index < -0.39 is 0 Å². The number of nitrogens with zero attached hydrogens (tertiary/aromatic N) is 1. The summed E-state index contributed by atoms with van der Waals surface area (Å²) >= 11 is 0. The first-order chi connectivity index (χ1) is 9.24. The summed E-state index contributed by atoms with van der Waals surface area (Å²) in [4.78, 5) is 16.2. The smallest absolute Gasteiger partial charge is 0.260 e. The number of carbonyl (C=O) groups excluding carboxylic acids is 1. The standard InChI is InChI=1S/C14H15N3O2/c1-19-12-5-3-2-4-11(12)14(18)17-13-8-10(9-15)6-7-16-13/h2-8H,9,15H2,1H3,(H,16,17,18). The van der Waals surface area contributed by atoms with Gasteiger partial charge in [-0.25, -0.2) is 4.98 Å². The molecule has 0 saturated carbocycles. The lowest BCUT2D eigenvalue weighted by atomic mass is 10.2. The monoisotopic (exact) mass is 257 g/mol. The molecule has 5 heteroatoms. The summed E-state index contributed by atoms with van der Waals surface area (Å²) in [5, 5.41) is 2.72. The maximum Gasteiger partial charge on any atom is 0.260 e. The molecule has 0 radical (unpaired) electrons. The van der Waals surface area contributed by atoms with E-state index in [0.29, 0.717) is 23.7 Å². The van der Waals surface area contributed by atoms with Gasteiger partial charge in [-0.1, -0.05) is 12.1 Å². The van der Waals surface area contributed by atoms with Crippen molar-refractivity contribution in [3.05, 3.63) is 53.7 Å². The van der Waals surface area contributed by atoms with Crippen LogP contribution in [0, 0.1) is 0 Å². The van der Waals surface area contributed by atoms with Gasteiger partial charge in [0.1, 0.15) is 11.6 Å².